The molecule has 1 fully saturated rings. The lowest BCUT2D eigenvalue weighted by molar-refractivity contribution is -0.125. The number of nitrogens with zero attached hydrogens (tertiary/aromatic N) is 4. The largest absolute Gasteiger partial charge is 0.355 e. The van der Waals surface area contributed by atoms with E-state index in [0.717, 1.165) is 35.6 Å². The maximum Gasteiger partial charge on any atom is 0.243 e. The molecule has 0 bridgehead atoms. The van der Waals surface area contributed by atoms with Gasteiger partial charge in [0, 0.05) is 30.5 Å². The van der Waals surface area contributed by atoms with Gasteiger partial charge in [0.2, 0.25) is 15.9 Å². The fourth-order valence-corrected chi connectivity index (χ4v) is 5.92. The highest BCUT2D eigenvalue weighted by molar-refractivity contribution is 7.89. The first-order chi connectivity index (χ1) is 15.4. The molecular formula is C23H29N5O3S. The molecule has 32 heavy (non-hydrogen) atoms. The van der Waals surface area contributed by atoms with Crippen LogP contribution in [0.4, 0.5) is 0 Å². The van der Waals surface area contributed by atoms with Gasteiger partial charge in [-0.3, -0.25) is 4.79 Å². The molecule has 1 aliphatic heterocycles. The number of aryl methyl sites for hydroxylation is 3. The van der Waals surface area contributed by atoms with E-state index in [1.165, 1.54) is 4.31 Å². The third kappa shape index (κ3) is 4.68. The molecule has 3 heterocycles. The Morgan fingerprint density at radius 3 is 2.72 bits per heavy atom. The summed E-state index contributed by atoms with van der Waals surface area (Å²) >= 11 is 0. The van der Waals surface area contributed by atoms with Gasteiger partial charge < -0.3 is 5.32 Å². The van der Waals surface area contributed by atoms with Crippen LogP contribution in [0.5, 0.6) is 0 Å². The highest BCUT2D eigenvalue weighted by Gasteiger charge is 2.37. The quantitative estimate of drug-likeness (QED) is 0.553. The zero-order valence-corrected chi connectivity index (χ0v) is 19.3. The van der Waals surface area contributed by atoms with Crippen LogP contribution in [0.1, 0.15) is 42.8 Å². The summed E-state index contributed by atoms with van der Waals surface area (Å²) < 4.78 is 29.4. The zero-order valence-electron chi connectivity index (χ0n) is 18.5. The van der Waals surface area contributed by atoms with Gasteiger partial charge in [-0.15, -0.1) is 0 Å². The molecule has 0 radical (unpaired) electrons. The summed E-state index contributed by atoms with van der Waals surface area (Å²) in [6.45, 7) is 4.79. The number of carbonyl (C=O) groups excluding carboxylic acids is 1. The van der Waals surface area contributed by atoms with Gasteiger partial charge in [0.05, 0.1) is 10.6 Å². The number of sulfonamides is 1. The Hall–Kier alpha value is -2.78. The lowest BCUT2D eigenvalue weighted by Gasteiger charge is -2.33. The number of benzene rings is 1. The molecule has 9 heteroatoms. The molecule has 1 amide bonds. The van der Waals surface area contributed by atoms with E-state index in [2.05, 4.69) is 15.4 Å². The zero-order chi connectivity index (χ0) is 22.7. The Morgan fingerprint density at radius 1 is 1.16 bits per heavy atom. The minimum atomic E-state index is -3.70. The monoisotopic (exact) mass is 455 g/mol. The second-order valence-electron chi connectivity index (χ2n) is 8.28. The van der Waals surface area contributed by atoms with E-state index >= 15 is 0 Å². The van der Waals surface area contributed by atoms with E-state index in [1.807, 2.05) is 30.5 Å². The van der Waals surface area contributed by atoms with Crippen molar-refractivity contribution in [2.75, 3.05) is 13.1 Å². The smallest absolute Gasteiger partial charge is 0.243 e. The van der Waals surface area contributed by atoms with Gasteiger partial charge >= 0.3 is 0 Å². The van der Waals surface area contributed by atoms with E-state index in [0.29, 0.717) is 32.4 Å². The van der Waals surface area contributed by atoms with Crippen molar-refractivity contribution in [1.29, 1.82) is 0 Å². The topological polar surface area (TPSA) is 96.7 Å². The van der Waals surface area contributed by atoms with Crippen LogP contribution in [0.15, 0.2) is 47.4 Å². The van der Waals surface area contributed by atoms with Crippen LogP contribution in [0, 0.1) is 13.8 Å². The molecule has 1 atom stereocenters. The lowest BCUT2D eigenvalue weighted by atomic mass is 10.0. The fraction of sp³-hybridized carbons (Fsp3) is 0.435. The second-order valence-corrected chi connectivity index (χ2v) is 10.2. The second kappa shape index (κ2) is 9.38. The van der Waals surface area contributed by atoms with Crippen LogP contribution in [-0.2, 0) is 21.2 Å². The number of piperidine rings is 1. The molecule has 0 saturated carbocycles. The molecule has 0 spiro atoms. The van der Waals surface area contributed by atoms with Crippen molar-refractivity contribution in [3.8, 4) is 0 Å². The standard InChI is InChI=1S/C23H29N5O3S/c1-17-15-18(2)28-22(25-17)16-19(26-28)9-8-13-24-23(29)21-12-6-7-14-27(21)32(30,31)20-10-4-3-5-11-20/h3-5,10-11,15-16,21H,6-9,12-14H2,1-2H3,(H,24,29)/t21-/m1/s1. The fourth-order valence-electron chi connectivity index (χ4n) is 4.24. The average Bonchev–Trinajstić information content (AvgIpc) is 3.20. The van der Waals surface area contributed by atoms with Crippen molar-refractivity contribution in [1.82, 2.24) is 24.2 Å². The molecule has 0 unspecified atom stereocenters. The van der Waals surface area contributed by atoms with Crippen molar-refractivity contribution in [3.05, 3.63) is 59.5 Å². The van der Waals surface area contributed by atoms with Crippen LogP contribution in [0.25, 0.3) is 5.65 Å². The Kier molecular flexibility index (Phi) is 6.57. The minimum absolute atomic E-state index is 0.227. The van der Waals surface area contributed by atoms with Crippen molar-refractivity contribution in [2.45, 2.75) is 56.9 Å². The van der Waals surface area contributed by atoms with Crippen molar-refractivity contribution in [3.63, 3.8) is 0 Å². The van der Waals surface area contributed by atoms with Gasteiger partial charge in [-0.2, -0.15) is 9.40 Å². The number of fused-ring (bicyclic) bond motifs is 1. The Balaban J connectivity index is 1.36. The van der Waals surface area contributed by atoms with Gasteiger partial charge in [-0.25, -0.2) is 17.9 Å². The first-order valence-electron chi connectivity index (χ1n) is 11.0. The molecule has 1 aromatic carbocycles. The number of rotatable bonds is 7. The van der Waals surface area contributed by atoms with Gasteiger partial charge in [0.15, 0.2) is 5.65 Å². The molecule has 1 aliphatic rings. The van der Waals surface area contributed by atoms with Gasteiger partial charge in [-0.05, 0) is 57.7 Å². The summed E-state index contributed by atoms with van der Waals surface area (Å²) in [6, 6.07) is 11.6. The number of hydrogen-bond acceptors (Lipinski definition) is 5. The van der Waals surface area contributed by atoms with Crippen LogP contribution >= 0.6 is 0 Å². The average molecular weight is 456 g/mol. The maximum atomic E-state index is 13.1. The van der Waals surface area contributed by atoms with Gasteiger partial charge in [0.25, 0.3) is 0 Å². The molecule has 1 saturated heterocycles. The van der Waals surface area contributed by atoms with Crippen LogP contribution in [0.3, 0.4) is 0 Å². The summed E-state index contributed by atoms with van der Waals surface area (Å²) in [7, 11) is -3.70. The van der Waals surface area contributed by atoms with E-state index in [9.17, 15) is 13.2 Å². The van der Waals surface area contributed by atoms with E-state index in [1.54, 1.807) is 30.3 Å². The van der Waals surface area contributed by atoms with Crippen molar-refractivity contribution >= 4 is 21.6 Å². The van der Waals surface area contributed by atoms with Gasteiger partial charge in [0.1, 0.15) is 6.04 Å². The van der Waals surface area contributed by atoms with Crippen molar-refractivity contribution < 1.29 is 13.2 Å². The number of hydrogen-bond donors (Lipinski definition) is 1. The Bertz CT molecular complexity index is 1210. The van der Waals surface area contributed by atoms with Gasteiger partial charge in [-0.1, -0.05) is 24.6 Å². The number of aromatic nitrogens is 3. The summed E-state index contributed by atoms with van der Waals surface area (Å²) in [5, 5.41) is 7.53. The first-order valence-corrected chi connectivity index (χ1v) is 12.5. The molecule has 1 N–H and O–H groups in total. The van der Waals surface area contributed by atoms with E-state index in [4.69, 9.17) is 0 Å². The van der Waals surface area contributed by atoms with Crippen LogP contribution in [0.2, 0.25) is 0 Å². The lowest BCUT2D eigenvalue weighted by Crippen LogP contribution is -2.51. The van der Waals surface area contributed by atoms with Crippen LogP contribution in [-0.4, -0.2) is 52.4 Å². The SMILES string of the molecule is Cc1cc(C)n2nc(CCCNC(=O)[C@H]3CCCCN3S(=O)(=O)c3ccccc3)cc2n1. The highest BCUT2D eigenvalue weighted by atomic mass is 32.2. The van der Waals surface area contributed by atoms with E-state index in [-0.39, 0.29) is 10.8 Å². The molecule has 0 aliphatic carbocycles. The summed E-state index contributed by atoms with van der Waals surface area (Å²) in [5.41, 5.74) is 3.73. The summed E-state index contributed by atoms with van der Waals surface area (Å²) in [6.07, 6.45) is 3.56. The third-order valence-electron chi connectivity index (χ3n) is 5.80. The predicted molar refractivity (Wildman–Crippen MR) is 122 cm³/mol. The number of amides is 1. The Labute approximate surface area is 188 Å². The maximum absolute atomic E-state index is 13.1. The molecule has 4 rings (SSSR count). The first kappa shape index (κ1) is 22.4. The molecule has 170 valence electrons. The predicted octanol–water partition coefficient (Wildman–Crippen LogP) is 2.64. The highest BCUT2D eigenvalue weighted by Crippen LogP contribution is 2.25. The molecule has 3 aromatic rings. The number of nitrogens with one attached hydrogen (secondary N) is 1. The number of carbonyl (C=O) groups is 1. The molecule has 8 nitrogen and oxygen atoms in total. The normalized spacial score (nSPS) is 17.5. The van der Waals surface area contributed by atoms with Crippen molar-refractivity contribution in [2.24, 2.45) is 0 Å². The minimum Gasteiger partial charge on any atom is -0.355 e. The Morgan fingerprint density at radius 2 is 1.94 bits per heavy atom. The summed E-state index contributed by atoms with van der Waals surface area (Å²) in [5.74, 6) is -0.229. The van der Waals surface area contributed by atoms with Crippen LogP contribution < -0.4 is 5.32 Å². The summed E-state index contributed by atoms with van der Waals surface area (Å²) in [4.78, 5) is 17.6. The third-order valence-corrected chi connectivity index (χ3v) is 7.72. The molecule has 2 aromatic heterocycles. The molecular weight excluding hydrogens is 426 g/mol. The van der Waals surface area contributed by atoms with E-state index < -0.39 is 16.1 Å².